The Kier molecular flexibility index (Phi) is 5.73. The van der Waals surface area contributed by atoms with E-state index in [9.17, 15) is 18.4 Å². The molecular weight excluding hydrogens is 472 g/mol. The molecule has 4 rings (SSSR count). The van der Waals surface area contributed by atoms with Gasteiger partial charge in [0.25, 0.3) is 0 Å². The first-order valence-electron chi connectivity index (χ1n) is 8.96. The summed E-state index contributed by atoms with van der Waals surface area (Å²) in [5.41, 5.74) is 0.558. The Hall–Kier alpha value is -3.65. The highest BCUT2D eigenvalue weighted by Gasteiger charge is 2.25. The van der Waals surface area contributed by atoms with Gasteiger partial charge in [-0.3, -0.25) is 0 Å². The number of rotatable bonds is 4. The summed E-state index contributed by atoms with van der Waals surface area (Å²) in [6.07, 6.45) is 1.51. The number of nitrogens with zero attached hydrogens (tertiary/aromatic N) is 1. The second kappa shape index (κ2) is 8.61. The first-order chi connectivity index (χ1) is 14.9. The van der Waals surface area contributed by atoms with Gasteiger partial charge in [0.2, 0.25) is 5.90 Å². The zero-order chi connectivity index (χ0) is 22.0. The van der Waals surface area contributed by atoms with Crippen molar-refractivity contribution in [3.05, 3.63) is 105 Å². The number of carbonyl (C=O) groups excluding carboxylic acids is 2. The summed E-state index contributed by atoms with van der Waals surface area (Å²) >= 11 is 3.39. The second-order valence-electron chi connectivity index (χ2n) is 6.37. The van der Waals surface area contributed by atoms with E-state index < -0.39 is 29.1 Å². The quantitative estimate of drug-likeness (QED) is 0.287. The van der Waals surface area contributed by atoms with E-state index in [-0.39, 0.29) is 17.3 Å². The molecule has 0 atom stereocenters. The third kappa shape index (κ3) is 4.44. The maximum atomic E-state index is 13.7. The molecule has 0 saturated heterocycles. The molecule has 1 aliphatic heterocycles. The number of ether oxygens (including phenoxy) is 2. The van der Waals surface area contributed by atoms with Crippen LogP contribution in [0.2, 0.25) is 0 Å². The third-order valence-electron chi connectivity index (χ3n) is 4.29. The molecule has 0 bridgehead atoms. The smallest absolute Gasteiger partial charge is 0.363 e. The molecule has 0 unspecified atom stereocenters. The van der Waals surface area contributed by atoms with Gasteiger partial charge < -0.3 is 9.47 Å². The van der Waals surface area contributed by atoms with Gasteiger partial charge in [-0.05, 0) is 64.0 Å². The fourth-order valence-electron chi connectivity index (χ4n) is 2.80. The highest BCUT2D eigenvalue weighted by molar-refractivity contribution is 9.10. The van der Waals surface area contributed by atoms with Crippen molar-refractivity contribution in [2.75, 3.05) is 0 Å². The van der Waals surface area contributed by atoms with Crippen LogP contribution in [0.15, 0.2) is 81.9 Å². The first kappa shape index (κ1) is 20.6. The van der Waals surface area contributed by atoms with Gasteiger partial charge in [0.15, 0.2) is 5.70 Å². The lowest BCUT2D eigenvalue weighted by Crippen LogP contribution is -2.13. The Labute approximate surface area is 183 Å². The minimum atomic E-state index is -1.15. The van der Waals surface area contributed by atoms with Crippen LogP contribution in [0.25, 0.3) is 6.08 Å². The minimum absolute atomic E-state index is 0.0845. The second-order valence-corrected chi connectivity index (χ2v) is 7.23. The lowest BCUT2D eigenvalue weighted by molar-refractivity contribution is -0.129. The standard InChI is InChI=1S/C23H12BrF2NO4/c24-16-5-2-1-4-15(16)21-27-19(22(28)31-21)12-13-8-10-14(11-9-13)30-23(29)20-17(25)6-3-7-18(20)26/h1-12H/b19-12+. The van der Waals surface area contributed by atoms with Gasteiger partial charge in [-0.1, -0.05) is 30.3 Å². The minimum Gasteiger partial charge on any atom is -0.423 e. The molecule has 3 aromatic carbocycles. The van der Waals surface area contributed by atoms with Crippen molar-refractivity contribution in [3.8, 4) is 5.75 Å². The van der Waals surface area contributed by atoms with Gasteiger partial charge in [0.1, 0.15) is 22.9 Å². The molecule has 0 aromatic heterocycles. The Morgan fingerprint density at radius 3 is 2.32 bits per heavy atom. The first-order valence-corrected chi connectivity index (χ1v) is 9.75. The maximum Gasteiger partial charge on any atom is 0.363 e. The predicted octanol–water partition coefficient (Wildman–Crippen LogP) is 5.29. The van der Waals surface area contributed by atoms with Crippen LogP contribution in [-0.2, 0) is 9.53 Å². The average Bonchev–Trinajstić information content (AvgIpc) is 3.09. The van der Waals surface area contributed by atoms with E-state index in [1.54, 1.807) is 30.3 Å². The fourth-order valence-corrected chi connectivity index (χ4v) is 3.25. The summed E-state index contributed by atoms with van der Waals surface area (Å²) in [6, 6.07) is 16.3. The van der Waals surface area contributed by atoms with E-state index in [4.69, 9.17) is 9.47 Å². The Bertz CT molecular complexity index is 1230. The zero-order valence-electron chi connectivity index (χ0n) is 15.6. The molecule has 5 nitrogen and oxygen atoms in total. The number of esters is 2. The van der Waals surface area contributed by atoms with Gasteiger partial charge in [0, 0.05) is 4.47 Å². The monoisotopic (exact) mass is 483 g/mol. The van der Waals surface area contributed by atoms with Crippen LogP contribution in [0.3, 0.4) is 0 Å². The molecule has 154 valence electrons. The molecule has 0 spiro atoms. The summed E-state index contributed by atoms with van der Waals surface area (Å²) in [7, 11) is 0. The normalized spacial score (nSPS) is 14.4. The van der Waals surface area contributed by atoms with Gasteiger partial charge in [0.05, 0.1) is 5.56 Å². The van der Waals surface area contributed by atoms with Crippen LogP contribution >= 0.6 is 15.9 Å². The number of hydrogen-bond donors (Lipinski definition) is 0. The molecule has 0 fully saturated rings. The van der Waals surface area contributed by atoms with Crippen molar-refractivity contribution < 1.29 is 27.8 Å². The van der Waals surface area contributed by atoms with Crippen molar-refractivity contribution in [3.63, 3.8) is 0 Å². The highest BCUT2D eigenvalue weighted by Crippen LogP contribution is 2.25. The van der Waals surface area contributed by atoms with E-state index in [1.807, 2.05) is 6.07 Å². The summed E-state index contributed by atoms with van der Waals surface area (Å²) in [6.45, 7) is 0. The van der Waals surface area contributed by atoms with Crippen LogP contribution in [0.4, 0.5) is 8.78 Å². The van der Waals surface area contributed by atoms with Crippen molar-refractivity contribution in [1.29, 1.82) is 0 Å². The molecule has 0 N–H and O–H groups in total. The van der Waals surface area contributed by atoms with Crippen LogP contribution in [0.1, 0.15) is 21.5 Å². The van der Waals surface area contributed by atoms with E-state index in [1.165, 1.54) is 18.2 Å². The zero-order valence-corrected chi connectivity index (χ0v) is 17.2. The van der Waals surface area contributed by atoms with E-state index in [2.05, 4.69) is 20.9 Å². The predicted molar refractivity (Wildman–Crippen MR) is 113 cm³/mol. The van der Waals surface area contributed by atoms with E-state index >= 15 is 0 Å². The largest absolute Gasteiger partial charge is 0.423 e. The maximum absolute atomic E-state index is 13.7. The molecule has 8 heteroatoms. The summed E-state index contributed by atoms with van der Waals surface area (Å²) in [4.78, 5) is 28.4. The molecule has 0 saturated carbocycles. The van der Waals surface area contributed by atoms with Gasteiger partial charge in [-0.15, -0.1) is 0 Å². The molecular formula is C23H12BrF2NO4. The van der Waals surface area contributed by atoms with Crippen molar-refractivity contribution in [2.45, 2.75) is 0 Å². The molecule has 1 heterocycles. The third-order valence-corrected chi connectivity index (χ3v) is 4.98. The number of hydrogen-bond acceptors (Lipinski definition) is 5. The Morgan fingerprint density at radius 1 is 0.968 bits per heavy atom. The van der Waals surface area contributed by atoms with E-state index in [0.29, 0.717) is 11.1 Å². The lowest BCUT2D eigenvalue weighted by atomic mass is 10.2. The summed E-state index contributed by atoms with van der Waals surface area (Å²) in [5.74, 6) is -3.50. The summed E-state index contributed by atoms with van der Waals surface area (Å²) in [5, 5.41) is 0. The van der Waals surface area contributed by atoms with Crippen LogP contribution in [0, 0.1) is 11.6 Å². The number of aliphatic imine (C=N–C) groups is 1. The number of cyclic esters (lactones) is 1. The molecule has 1 aliphatic rings. The molecule has 0 amide bonds. The van der Waals surface area contributed by atoms with Crippen LogP contribution in [-0.4, -0.2) is 17.8 Å². The molecule has 3 aromatic rings. The molecule has 0 aliphatic carbocycles. The number of halogens is 3. The number of benzene rings is 3. The Balaban J connectivity index is 1.52. The van der Waals surface area contributed by atoms with Crippen LogP contribution < -0.4 is 4.74 Å². The van der Waals surface area contributed by atoms with Crippen molar-refractivity contribution >= 4 is 39.8 Å². The number of carbonyl (C=O) groups is 2. The average molecular weight is 484 g/mol. The summed E-state index contributed by atoms with van der Waals surface area (Å²) < 4.78 is 38.4. The lowest BCUT2D eigenvalue weighted by Gasteiger charge is -2.06. The van der Waals surface area contributed by atoms with Gasteiger partial charge in [-0.2, -0.15) is 0 Å². The SMILES string of the molecule is O=C1OC(c2ccccc2Br)=N/C1=C/c1ccc(OC(=O)c2c(F)cccc2F)cc1. The Morgan fingerprint density at radius 2 is 1.65 bits per heavy atom. The topological polar surface area (TPSA) is 65.0 Å². The van der Waals surface area contributed by atoms with Crippen molar-refractivity contribution in [2.24, 2.45) is 4.99 Å². The van der Waals surface area contributed by atoms with Crippen molar-refractivity contribution in [1.82, 2.24) is 0 Å². The molecule has 31 heavy (non-hydrogen) atoms. The highest BCUT2D eigenvalue weighted by atomic mass is 79.9. The van der Waals surface area contributed by atoms with Gasteiger partial charge >= 0.3 is 11.9 Å². The van der Waals surface area contributed by atoms with E-state index in [0.717, 1.165) is 22.7 Å². The van der Waals surface area contributed by atoms with Crippen LogP contribution in [0.5, 0.6) is 5.75 Å². The van der Waals surface area contributed by atoms with Gasteiger partial charge in [-0.25, -0.2) is 23.4 Å². The fraction of sp³-hybridized carbons (Fsp3) is 0. The molecule has 0 radical (unpaired) electrons.